The van der Waals surface area contributed by atoms with Crippen LogP contribution in [0, 0.1) is 5.41 Å². The minimum atomic E-state index is 0.237. The second-order valence-electron chi connectivity index (χ2n) is 4.73. The number of hydrogen-bond acceptors (Lipinski definition) is 3. The van der Waals surface area contributed by atoms with Crippen molar-refractivity contribution in [3.05, 3.63) is 29.8 Å². The molecule has 0 saturated heterocycles. The summed E-state index contributed by atoms with van der Waals surface area (Å²) in [6.45, 7) is 6.16. The molecule has 0 bridgehead atoms. The first-order valence-corrected chi connectivity index (χ1v) is 5.15. The first-order valence-electron chi connectivity index (χ1n) is 5.15. The SMILES string of the molecule is CC1(C)CN=C(c2ccc(O)cc2)NC1. The molecule has 15 heavy (non-hydrogen) atoms. The van der Waals surface area contributed by atoms with Gasteiger partial charge in [-0.05, 0) is 24.3 Å². The van der Waals surface area contributed by atoms with Gasteiger partial charge in [0.1, 0.15) is 11.6 Å². The van der Waals surface area contributed by atoms with E-state index in [0.29, 0.717) is 0 Å². The molecule has 2 N–H and O–H groups in total. The number of nitrogens with one attached hydrogen (secondary N) is 1. The average molecular weight is 204 g/mol. The molecule has 0 aliphatic carbocycles. The molecule has 1 heterocycles. The third kappa shape index (κ3) is 2.29. The van der Waals surface area contributed by atoms with Crippen LogP contribution in [0.25, 0.3) is 0 Å². The van der Waals surface area contributed by atoms with E-state index in [1.54, 1.807) is 12.1 Å². The van der Waals surface area contributed by atoms with Crippen LogP contribution in [0.1, 0.15) is 19.4 Å². The number of aromatic hydroxyl groups is 1. The Bertz CT molecular complexity index is 379. The molecule has 80 valence electrons. The molecule has 1 aliphatic heterocycles. The standard InChI is InChI=1S/C12H16N2O/c1-12(2)7-13-11(14-8-12)9-3-5-10(15)6-4-9/h3-6,15H,7-8H2,1-2H3,(H,13,14). The Labute approximate surface area is 89.9 Å². The summed E-state index contributed by atoms with van der Waals surface area (Å²) < 4.78 is 0. The van der Waals surface area contributed by atoms with Crippen LogP contribution in [-0.2, 0) is 0 Å². The first kappa shape index (κ1) is 10.0. The van der Waals surface area contributed by atoms with Crippen molar-refractivity contribution in [2.45, 2.75) is 13.8 Å². The van der Waals surface area contributed by atoms with E-state index >= 15 is 0 Å². The lowest BCUT2D eigenvalue weighted by Crippen LogP contribution is -2.41. The number of benzene rings is 1. The topological polar surface area (TPSA) is 44.6 Å². The molecule has 1 aromatic rings. The van der Waals surface area contributed by atoms with Crippen LogP contribution in [0.3, 0.4) is 0 Å². The van der Waals surface area contributed by atoms with Gasteiger partial charge in [-0.1, -0.05) is 13.8 Å². The molecule has 0 radical (unpaired) electrons. The van der Waals surface area contributed by atoms with Gasteiger partial charge in [0.25, 0.3) is 0 Å². The molecule has 0 spiro atoms. The zero-order valence-electron chi connectivity index (χ0n) is 9.12. The monoisotopic (exact) mass is 204 g/mol. The molecule has 3 nitrogen and oxygen atoms in total. The smallest absolute Gasteiger partial charge is 0.128 e. The van der Waals surface area contributed by atoms with Crippen molar-refractivity contribution in [1.82, 2.24) is 5.32 Å². The van der Waals surface area contributed by atoms with Crippen molar-refractivity contribution in [3.63, 3.8) is 0 Å². The van der Waals surface area contributed by atoms with Gasteiger partial charge in [-0.25, -0.2) is 0 Å². The molecule has 0 aromatic heterocycles. The van der Waals surface area contributed by atoms with Crippen LogP contribution < -0.4 is 5.32 Å². The van der Waals surface area contributed by atoms with Crippen molar-refractivity contribution >= 4 is 5.84 Å². The van der Waals surface area contributed by atoms with E-state index < -0.39 is 0 Å². The summed E-state index contributed by atoms with van der Waals surface area (Å²) >= 11 is 0. The van der Waals surface area contributed by atoms with Crippen LogP contribution in [0.15, 0.2) is 29.3 Å². The van der Waals surface area contributed by atoms with E-state index in [0.717, 1.165) is 24.5 Å². The van der Waals surface area contributed by atoms with Gasteiger partial charge >= 0.3 is 0 Å². The Morgan fingerprint density at radius 2 is 1.93 bits per heavy atom. The van der Waals surface area contributed by atoms with Crippen molar-refractivity contribution in [1.29, 1.82) is 0 Å². The lowest BCUT2D eigenvalue weighted by molar-refractivity contribution is 0.362. The van der Waals surface area contributed by atoms with Crippen LogP contribution in [0.4, 0.5) is 0 Å². The van der Waals surface area contributed by atoms with E-state index in [1.807, 2.05) is 12.1 Å². The predicted molar refractivity (Wildman–Crippen MR) is 61.3 cm³/mol. The van der Waals surface area contributed by atoms with Crippen molar-refractivity contribution in [3.8, 4) is 5.75 Å². The third-order valence-corrected chi connectivity index (χ3v) is 2.54. The van der Waals surface area contributed by atoms with Gasteiger partial charge in [-0.15, -0.1) is 0 Å². The predicted octanol–water partition coefficient (Wildman–Crippen LogP) is 1.77. The highest BCUT2D eigenvalue weighted by atomic mass is 16.3. The lowest BCUT2D eigenvalue weighted by atomic mass is 9.92. The van der Waals surface area contributed by atoms with Gasteiger partial charge < -0.3 is 10.4 Å². The fourth-order valence-electron chi connectivity index (χ4n) is 1.54. The molecule has 0 atom stereocenters. The van der Waals surface area contributed by atoms with E-state index in [4.69, 9.17) is 0 Å². The Morgan fingerprint density at radius 3 is 2.47 bits per heavy atom. The molecule has 1 aliphatic rings. The molecule has 0 fully saturated rings. The number of aliphatic imine (C=N–C) groups is 1. The van der Waals surface area contributed by atoms with E-state index in [1.165, 1.54) is 0 Å². The van der Waals surface area contributed by atoms with E-state index in [9.17, 15) is 5.11 Å². The van der Waals surface area contributed by atoms with Gasteiger partial charge in [-0.2, -0.15) is 0 Å². The molecule has 1 aromatic carbocycles. The highest BCUT2D eigenvalue weighted by molar-refractivity contribution is 5.99. The number of nitrogens with zero attached hydrogens (tertiary/aromatic N) is 1. The quantitative estimate of drug-likeness (QED) is 0.732. The minimum Gasteiger partial charge on any atom is -0.508 e. The highest BCUT2D eigenvalue weighted by Crippen LogP contribution is 2.19. The largest absolute Gasteiger partial charge is 0.508 e. The molecule has 0 unspecified atom stereocenters. The second kappa shape index (κ2) is 3.57. The lowest BCUT2D eigenvalue weighted by Gasteiger charge is -2.29. The van der Waals surface area contributed by atoms with Crippen molar-refractivity contribution in [2.75, 3.05) is 13.1 Å². The second-order valence-corrected chi connectivity index (χ2v) is 4.73. The van der Waals surface area contributed by atoms with Gasteiger partial charge in [0, 0.05) is 24.1 Å². The minimum absolute atomic E-state index is 0.237. The number of hydrogen-bond donors (Lipinski definition) is 2. The Morgan fingerprint density at radius 1 is 1.27 bits per heavy atom. The molecule has 2 rings (SSSR count). The van der Waals surface area contributed by atoms with Crippen LogP contribution in [0.5, 0.6) is 5.75 Å². The maximum absolute atomic E-state index is 9.18. The van der Waals surface area contributed by atoms with E-state index in [-0.39, 0.29) is 11.2 Å². The van der Waals surface area contributed by atoms with Crippen LogP contribution in [0.2, 0.25) is 0 Å². The summed E-state index contributed by atoms with van der Waals surface area (Å²) in [6.07, 6.45) is 0. The zero-order valence-corrected chi connectivity index (χ0v) is 9.12. The first-order chi connectivity index (χ1) is 7.07. The fraction of sp³-hybridized carbons (Fsp3) is 0.417. The Balaban J connectivity index is 2.19. The molecule has 3 heteroatoms. The van der Waals surface area contributed by atoms with Crippen molar-refractivity contribution in [2.24, 2.45) is 10.4 Å². The number of phenols is 1. The summed E-state index contributed by atoms with van der Waals surface area (Å²) in [5.41, 5.74) is 1.27. The Hall–Kier alpha value is -1.51. The summed E-state index contributed by atoms with van der Waals surface area (Å²) in [7, 11) is 0. The summed E-state index contributed by atoms with van der Waals surface area (Å²) in [6, 6.07) is 7.11. The molecule has 0 amide bonds. The number of amidine groups is 1. The Kier molecular flexibility index (Phi) is 2.39. The summed E-state index contributed by atoms with van der Waals surface area (Å²) in [5.74, 6) is 1.21. The summed E-state index contributed by atoms with van der Waals surface area (Å²) in [4.78, 5) is 4.51. The maximum atomic E-state index is 9.18. The third-order valence-electron chi connectivity index (χ3n) is 2.54. The van der Waals surface area contributed by atoms with E-state index in [2.05, 4.69) is 24.2 Å². The zero-order chi connectivity index (χ0) is 10.9. The van der Waals surface area contributed by atoms with Gasteiger partial charge in [0.2, 0.25) is 0 Å². The number of rotatable bonds is 1. The van der Waals surface area contributed by atoms with Gasteiger partial charge in [0.05, 0.1) is 0 Å². The highest BCUT2D eigenvalue weighted by Gasteiger charge is 2.22. The van der Waals surface area contributed by atoms with Crippen LogP contribution in [-0.4, -0.2) is 24.0 Å². The molecule has 0 saturated carbocycles. The number of phenolic OH excluding ortho intramolecular Hbond substituents is 1. The summed E-state index contributed by atoms with van der Waals surface area (Å²) in [5, 5.41) is 12.5. The maximum Gasteiger partial charge on any atom is 0.128 e. The van der Waals surface area contributed by atoms with Gasteiger partial charge in [-0.3, -0.25) is 4.99 Å². The average Bonchev–Trinajstić information content (AvgIpc) is 2.20. The normalized spacial score (nSPS) is 19.2. The van der Waals surface area contributed by atoms with Crippen LogP contribution >= 0.6 is 0 Å². The van der Waals surface area contributed by atoms with Gasteiger partial charge in [0.15, 0.2) is 0 Å². The van der Waals surface area contributed by atoms with Crippen molar-refractivity contribution < 1.29 is 5.11 Å². The fourth-order valence-corrected chi connectivity index (χ4v) is 1.54. The molecular formula is C12H16N2O. The molecular weight excluding hydrogens is 188 g/mol.